The number of hydrogen-bond acceptors (Lipinski definition) is 5. The highest BCUT2D eigenvalue weighted by molar-refractivity contribution is 6.10. The maximum atomic E-state index is 12.8. The molecule has 2 N–H and O–H groups in total. The number of nitrogens with one attached hydrogen (secondary N) is 2. The van der Waals surface area contributed by atoms with Crippen LogP contribution in [-0.2, 0) is 13.2 Å². The highest BCUT2D eigenvalue weighted by atomic mass is 16.5. The summed E-state index contributed by atoms with van der Waals surface area (Å²) in [6.07, 6.45) is 1.61. The Hall–Kier alpha value is -4.33. The fourth-order valence-corrected chi connectivity index (χ4v) is 3.18. The lowest BCUT2D eigenvalue weighted by Gasteiger charge is -2.07. The van der Waals surface area contributed by atoms with Crippen molar-refractivity contribution >= 4 is 23.2 Å². The van der Waals surface area contributed by atoms with Crippen molar-refractivity contribution in [1.82, 2.24) is 9.78 Å². The van der Waals surface area contributed by atoms with Gasteiger partial charge in [-0.25, -0.2) is 0 Å². The van der Waals surface area contributed by atoms with E-state index in [1.54, 1.807) is 35.1 Å². The Morgan fingerprint density at radius 3 is 2.48 bits per heavy atom. The lowest BCUT2D eigenvalue weighted by molar-refractivity contribution is 0.0992. The minimum atomic E-state index is -0.485. The van der Waals surface area contributed by atoms with E-state index in [-0.39, 0.29) is 18.1 Å². The van der Waals surface area contributed by atoms with Gasteiger partial charge in [-0.15, -0.1) is 0 Å². The first-order chi connectivity index (χ1) is 16.0. The first-order valence-corrected chi connectivity index (χ1v) is 10.6. The van der Waals surface area contributed by atoms with E-state index in [0.717, 1.165) is 11.3 Å². The molecule has 0 aliphatic carbocycles. The molecule has 168 valence electrons. The summed E-state index contributed by atoms with van der Waals surface area (Å²) in [5, 5.41) is 9.80. The molecule has 8 heteroatoms. The van der Waals surface area contributed by atoms with Gasteiger partial charge in [0.2, 0.25) is 0 Å². The maximum absolute atomic E-state index is 12.8. The van der Waals surface area contributed by atoms with Gasteiger partial charge in [0, 0.05) is 18.4 Å². The van der Waals surface area contributed by atoms with E-state index in [2.05, 4.69) is 15.7 Å². The number of aromatic nitrogens is 2. The minimum Gasteiger partial charge on any atom is -0.485 e. The molecule has 0 bridgehead atoms. The number of furan rings is 1. The number of nitrogens with zero attached hydrogens (tertiary/aromatic N) is 2. The summed E-state index contributed by atoms with van der Waals surface area (Å²) in [5.41, 5.74) is 2.06. The number of benzene rings is 2. The maximum Gasteiger partial charge on any atom is 0.291 e. The fraction of sp³-hybridized carbons (Fsp3) is 0.160. The molecular formula is C25H24N4O4. The van der Waals surface area contributed by atoms with Crippen LogP contribution in [0.2, 0.25) is 0 Å². The summed E-state index contributed by atoms with van der Waals surface area (Å²) in [4.78, 5) is 25.5. The molecule has 8 nitrogen and oxygen atoms in total. The predicted molar refractivity (Wildman–Crippen MR) is 124 cm³/mol. The first kappa shape index (κ1) is 21.9. The Bertz CT molecular complexity index is 1260. The second-order valence-electron chi connectivity index (χ2n) is 7.34. The number of ether oxygens (including phenoxy) is 1. The van der Waals surface area contributed by atoms with Crippen molar-refractivity contribution in [3.05, 3.63) is 95.7 Å². The number of hydrogen-bond donors (Lipinski definition) is 2. The van der Waals surface area contributed by atoms with Crippen molar-refractivity contribution in [1.29, 1.82) is 0 Å². The van der Waals surface area contributed by atoms with Crippen LogP contribution in [0.3, 0.4) is 0 Å². The Labute approximate surface area is 191 Å². The molecule has 4 aromatic rings. The van der Waals surface area contributed by atoms with Gasteiger partial charge in [-0.3, -0.25) is 14.3 Å². The number of rotatable bonds is 8. The highest BCUT2D eigenvalue weighted by Crippen LogP contribution is 2.21. The molecule has 0 aliphatic heterocycles. The third kappa shape index (κ3) is 5.30. The van der Waals surface area contributed by atoms with E-state index >= 15 is 0 Å². The molecule has 4 rings (SSSR count). The van der Waals surface area contributed by atoms with Crippen LogP contribution < -0.4 is 15.4 Å². The third-order valence-electron chi connectivity index (χ3n) is 4.93. The molecule has 0 aliphatic rings. The molecular weight excluding hydrogens is 420 g/mol. The molecule has 0 saturated carbocycles. The average Bonchev–Trinajstić information content (AvgIpc) is 3.46. The van der Waals surface area contributed by atoms with E-state index in [1.165, 1.54) is 0 Å². The molecule has 2 aromatic heterocycles. The normalized spacial score (nSPS) is 10.6. The monoisotopic (exact) mass is 444 g/mol. The van der Waals surface area contributed by atoms with Crippen LogP contribution in [0.1, 0.15) is 39.3 Å². The highest BCUT2D eigenvalue weighted by Gasteiger charge is 2.21. The molecule has 0 fully saturated rings. The van der Waals surface area contributed by atoms with Gasteiger partial charge in [-0.1, -0.05) is 36.4 Å². The minimum absolute atomic E-state index is 0.108. The van der Waals surface area contributed by atoms with Crippen molar-refractivity contribution in [3.8, 4) is 5.75 Å². The topological polar surface area (TPSA) is 98.4 Å². The van der Waals surface area contributed by atoms with Crippen LogP contribution in [0.25, 0.3) is 0 Å². The molecule has 2 aromatic carbocycles. The van der Waals surface area contributed by atoms with Crippen LogP contribution in [0.15, 0.2) is 77.3 Å². The zero-order valence-corrected chi connectivity index (χ0v) is 18.4. The SMILES string of the molecule is CCn1cc(NC(=O)c2ccc(COc3ccccc3C)o2)c(C(=O)Nc2ccccc2)n1. The van der Waals surface area contributed by atoms with Gasteiger partial charge in [0.05, 0.1) is 5.69 Å². The molecule has 2 heterocycles. The van der Waals surface area contributed by atoms with Gasteiger partial charge in [-0.05, 0) is 49.7 Å². The van der Waals surface area contributed by atoms with Crippen LogP contribution in [0.5, 0.6) is 5.75 Å². The standard InChI is InChI=1S/C25H24N4O4/c1-3-29-15-20(23(28-29)25(31)26-18-10-5-4-6-11-18)27-24(30)22-14-13-19(33-22)16-32-21-12-8-7-9-17(21)2/h4-15H,3,16H2,1-2H3,(H,26,31)(H,27,30). The fourth-order valence-electron chi connectivity index (χ4n) is 3.18. The number of amides is 2. The summed E-state index contributed by atoms with van der Waals surface area (Å²) >= 11 is 0. The molecule has 33 heavy (non-hydrogen) atoms. The van der Waals surface area contributed by atoms with E-state index < -0.39 is 11.8 Å². The van der Waals surface area contributed by atoms with Crippen molar-refractivity contribution in [3.63, 3.8) is 0 Å². The molecule has 0 saturated heterocycles. The van der Waals surface area contributed by atoms with Crippen molar-refractivity contribution in [2.75, 3.05) is 10.6 Å². The Balaban J connectivity index is 1.44. The Kier molecular flexibility index (Phi) is 6.54. The number of anilines is 2. The molecule has 0 unspecified atom stereocenters. The van der Waals surface area contributed by atoms with Gasteiger partial charge >= 0.3 is 0 Å². The van der Waals surface area contributed by atoms with Gasteiger partial charge in [0.1, 0.15) is 18.1 Å². The van der Waals surface area contributed by atoms with Gasteiger partial charge in [0.25, 0.3) is 11.8 Å². The van der Waals surface area contributed by atoms with Crippen LogP contribution in [0.4, 0.5) is 11.4 Å². The van der Waals surface area contributed by atoms with Gasteiger partial charge in [-0.2, -0.15) is 5.10 Å². The van der Waals surface area contributed by atoms with Crippen LogP contribution in [-0.4, -0.2) is 21.6 Å². The zero-order chi connectivity index (χ0) is 23.2. The third-order valence-corrected chi connectivity index (χ3v) is 4.93. The van der Waals surface area contributed by atoms with Crippen molar-refractivity contribution in [2.45, 2.75) is 27.0 Å². The molecule has 2 amide bonds. The molecule has 0 radical (unpaired) electrons. The second kappa shape index (κ2) is 9.86. The first-order valence-electron chi connectivity index (χ1n) is 10.6. The van der Waals surface area contributed by atoms with E-state index in [1.807, 2.05) is 56.3 Å². The molecule has 0 spiro atoms. The van der Waals surface area contributed by atoms with Crippen molar-refractivity contribution < 1.29 is 18.7 Å². The van der Waals surface area contributed by atoms with Crippen molar-refractivity contribution in [2.24, 2.45) is 0 Å². The second-order valence-corrected chi connectivity index (χ2v) is 7.34. The molecule has 0 atom stereocenters. The predicted octanol–water partition coefficient (Wildman–Crippen LogP) is 4.89. The van der Waals surface area contributed by atoms with Gasteiger partial charge < -0.3 is 19.8 Å². The average molecular weight is 444 g/mol. The number of aryl methyl sites for hydroxylation is 2. The lowest BCUT2D eigenvalue weighted by atomic mass is 10.2. The summed E-state index contributed by atoms with van der Waals surface area (Å²) in [6.45, 7) is 4.59. The Morgan fingerprint density at radius 1 is 0.970 bits per heavy atom. The van der Waals surface area contributed by atoms with E-state index in [9.17, 15) is 9.59 Å². The summed E-state index contributed by atoms with van der Waals surface area (Å²) in [5.74, 6) is 0.463. The van der Waals surface area contributed by atoms with E-state index in [0.29, 0.717) is 23.7 Å². The largest absolute Gasteiger partial charge is 0.485 e. The Morgan fingerprint density at radius 2 is 1.73 bits per heavy atom. The number of carbonyl (C=O) groups is 2. The van der Waals surface area contributed by atoms with Crippen LogP contribution >= 0.6 is 0 Å². The van der Waals surface area contributed by atoms with Crippen LogP contribution in [0, 0.1) is 6.92 Å². The summed E-state index contributed by atoms with van der Waals surface area (Å²) < 4.78 is 13.0. The number of carbonyl (C=O) groups excluding carboxylic acids is 2. The number of para-hydroxylation sites is 2. The zero-order valence-electron chi connectivity index (χ0n) is 18.4. The quantitative estimate of drug-likeness (QED) is 0.403. The lowest BCUT2D eigenvalue weighted by Crippen LogP contribution is -2.17. The smallest absolute Gasteiger partial charge is 0.291 e. The van der Waals surface area contributed by atoms with E-state index in [4.69, 9.17) is 9.15 Å². The van der Waals surface area contributed by atoms with Gasteiger partial charge in [0.15, 0.2) is 11.5 Å². The summed E-state index contributed by atoms with van der Waals surface area (Å²) in [6, 6.07) is 20.0. The summed E-state index contributed by atoms with van der Waals surface area (Å²) in [7, 11) is 0.